The van der Waals surface area contributed by atoms with Crippen molar-refractivity contribution in [1.82, 2.24) is 20.6 Å². The third-order valence-corrected chi connectivity index (χ3v) is 3.75. The van der Waals surface area contributed by atoms with E-state index in [0.717, 1.165) is 17.0 Å². The number of carbonyl (C=O) groups is 1. The molecule has 2 atom stereocenters. The Bertz CT molecular complexity index is 611. The summed E-state index contributed by atoms with van der Waals surface area (Å²) in [4.78, 5) is 19.6. The summed E-state index contributed by atoms with van der Waals surface area (Å²) < 4.78 is 0. The number of H-pyrrole nitrogens is 1. The molecule has 0 radical (unpaired) electrons. The number of nitrogens with zero attached hydrogens (tertiary/aromatic N) is 1. The van der Waals surface area contributed by atoms with Crippen molar-refractivity contribution in [2.24, 2.45) is 0 Å². The van der Waals surface area contributed by atoms with Gasteiger partial charge in [-0.2, -0.15) is 0 Å². The molecule has 6 nitrogen and oxygen atoms in total. The Morgan fingerprint density at radius 2 is 2.24 bits per heavy atom. The molecule has 2 heterocycles. The predicted molar refractivity (Wildman–Crippen MR) is 77.3 cm³/mol. The van der Waals surface area contributed by atoms with E-state index in [0.29, 0.717) is 13.0 Å². The largest absolute Gasteiger partial charge is 0.394 e. The average molecular weight is 286 g/mol. The van der Waals surface area contributed by atoms with Gasteiger partial charge in [-0.3, -0.25) is 10.1 Å². The fraction of sp³-hybridized carbons (Fsp3) is 0.333. The number of aliphatic hydroxyl groups is 1. The molecule has 1 aromatic carbocycles. The third kappa shape index (κ3) is 2.96. The molecule has 4 N–H and O–H groups in total. The summed E-state index contributed by atoms with van der Waals surface area (Å²) in [6.45, 7) is 0.471. The molecule has 0 saturated carbocycles. The molecule has 110 valence electrons. The Balaban J connectivity index is 1.66. The maximum atomic E-state index is 12.3. The van der Waals surface area contributed by atoms with Crippen molar-refractivity contribution >= 4 is 5.91 Å². The van der Waals surface area contributed by atoms with Crippen LogP contribution in [0.4, 0.5) is 0 Å². The van der Waals surface area contributed by atoms with Crippen molar-refractivity contribution < 1.29 is 9.90 Å². The van der Waals surface area contributed by atoms with Crippen molar-refractivity contribution in [3.63, 3.8) is 0 Å². The van der Waals surface area contributed by atoms with Crippen molar-refractivity contribution in [1.29, 1.82) is 0 Å². The second-order valence-corrected chi connectivity index (χ2v) is 5.12. The molecule has 0 saturated heterocycles. The Morgan fingerprint density at radius 3 is 3.00 bits per heavy atom. The lowest BCUT2D eigenvalue weighted by Gasteiger charge is -2.25. The molecule has 1 unspecified atom stereocenters. The lowest BCUT2D eigenvalue weighted by molar-refractivity contribution is -0.124. The Labute approximate surface area is 122 Å². The molecule has 21 heavy (non-hydrogen) atoms. The fourth-order valence-electron chi connectivity index (χ4n) is 2.55. The van der Waals surface area contributed by atoms with Crippen LogP contribution in [0.3, 0.4) is 0 Å². The highest BCUT2D eigenvalue weighted by Crippen LogP contribution is 2.15. The minimum absolute atomic E-state index is 0.119. The van der Waals surface area contributed by atoms with E-state index in [1.54, 1.807) is 6.33 Å². The molecular formula is C15H18N4O2. The number of hydrogen-bond acceptors (Lipinski definition) is 4. The topological polar surface area (TPSA) is 90.0 Å². The molecule has 0 bridgehead atoms. The van der Waals surface area contributed by atoms with Crippen LogP contribution in [0, 0.1) is 0 Å². The van der Waals surface area contributed by atoms with Gasteiger partial charge in [0.1, 0.15) is 0 Å². The molecule has 0 spiro atoms. The lowest BCUT2D eigenvalue weighted by Crippen LogP contribution is -2.49. The number of amides is 1. The van der Waals surface area contributed by atoms with Crippen LogP contribution in [0.15, 0.2) is 36.7 Å². The van der Waals surface area contributed by atoms with E-state index in [-0.39, 0.29) is 24.6 Å². The van der Waals surface area contributed by atoms with Gasteiger partial charge in [0.2, 0.25) is 5.91 Å². The van der Waals surface area contributed by atoms with E-state index < -0.39 is 0 Å². The van der Waals surface area contributed by atoms with Gasteiger partial charge in [-0.15, -0.1) is 0 Å². The van der Waals surface area contributed by atoms with Gasteiger partial charge in [-0.05, 0) is 5.56 Å². The second-order valence-electron chi connectivity index (χ2n) is 5.12. The van der Waals surface area contributed by atoms with Gasteiger partial charge in [0, 0.05) is 13.0 Å². The highest BCUT2D eigenvalue weighted by molar-refractivity contribution is 5.82. The minimum Gasteiger partial charge on any atom is -0.394 e. The first kappa shape index (κ1) is 13.8. The molecule has 0 aliphatic carbocycles. The normalized spacial score (nSPS) is 18.8. The minimum atomic E-state index is -0.388. The van der Waals surface area contributed by atoms with Gasteiger partial charge in [-0.1, -0.05) is 30.3 Å². The Kier molecular flexibility index (Phi) is 3.98. The molecular weight excluding hydrogens is 268 g/mol. The molecule has 1 aromatic heterocycles. The second kappa shape index (κ2) is 6.07. The zero-order chi connectivity index (χ0) is 14.7. The van der Waals surface area contributed by atoms with Crippen molar-refractivity contribution in [3.05, 3.63) is 53.6 Å². The van der Waals surface area contributed by atoms with Crippen LogP contribution in [-0.4, -0.2) is 33.6 Å². The van der Waals surface area contributed by atoms with E-state index in [2.05, 4.69) is 20.6 Å². The van der Waals surface area contributed by atoms with Gasteiger partial charge >= 0.3 is 0 Å². The Morgan fingerprint density at radius 1 is 1.43 bits per heavy atom. The number of hydrogen-bond donors (Lipinski definition) is 4. The van der Waals surface area contributed by atoms with Crippen molar-refractivity contribution in [2.75, 3.05) is 6.61 Å². The van der Waals surface area contributed by atoms with Crippen molar-refractivity contribution in [2.45, 2.75) is 25.0 Å². The summed E-state index contributed by atoms with van der Waals surface area (Å²) in [6.07, 6.45) is 2.20. The summed E-state index contributed by atoms with van der Waals surface area (Å²) >= 11 is 0. The summed E-state index contributed by atoms with van der Waals surface area (Å²) in [5, 5.41) is 15.6. The van der Waals surface area contributed by atoms with E-state index in [1.165, 1.54) is 0 Å². The van der Waals surface area contributed by atoms with Gasteiger partial charge in [-0.25, -0.2) is 4.98 Å². The van der Waals surface area contributed by atoms with E-state index >= 15 is 0 Å². The fourth-order valence-corrected chi connectivity index (χ4v) is 2.55. The zero-order valence-electron chi connectivity index (χ0n) is 11.5. The maximum absolute atomic E-state index is 12.3. The van der Waals surface area contributed by atoms with Crippen LogP contribution in [-0.2, 0) is 17.8 Å². The first-order chi connectivity index (χ1) is 10.3. The Hall–Kier alpha value is -2.18. The van der Waals surface area contributed by atoms with Crippen LogP contribution in [0.2, 0.25) is 0 Å². The van der Waals surface area contributed by atoms with Crippen molar-refractivity contribution in [3.8, 4) is 0 Å². The van der Waals surface area contributed by atoms with Gasteiger partial charge in [0.05, 0.1) is 36.4 Å². The number of rotatable bonds is 4. The summed E-state index contributed by atoms with van der Waals surface area (Å²) in [5.74, 6) is -0.119. The number of benzene rings is 1. The average Bonchev–Trinajstić information content (AvgIpc) is 3.00. The number of fused-ring (bicyclic) bond motifs is 1. The van der Waals surface area contributed by atoms with E-state index in [1.807, 2.05) is 30.3 Å². The number of carbonyl (C=O) groups excluding carboxylic acids is 1. The van der Waals surface area contributed by atoms with E-state index in [9.17, 15) is 9.90 Å². The monoisotopic (exact) mass is 286 g/mol. The number of aromatic amines is 1. The zero-order valence-corrected chi connectivity index (χ0v) is 11.5. The molecule has 6 heteroatoms. The van der Waals surface area contributed by atoms with Crippen LogP contribution < -0.4 is 10.6 Å². The predicted octanol–water partition coefficient (Wildman–Crippen LogP) is 0.274. The van der Waals surface area contributed by atoms with Crippen LogP contribution in [0.1, 0.15) is 23.0 Å². The van der Waals surface area contributed by atoms with Gasteiger partial charge < -0.3 is 15.4 Å². The third-order valence-electron chi connectivity index (χ3n) is 3.75. The van der Waals surface area contributed by atoms with Crippen LogP contribution in [0.25, 0.3) is 0 Å². The quantitative estimate of drug-likeness (QED) is 0.649. The molecule has 2 aromatic rings. The first-order valence-electron chi connectivity index (χ1n) is 6.98. The number of aromatic nitrogens is 2. The first-order valence-corrected chi connectivity index (χ1v) is 6.98. The van der Waals surface area contributed by atoms with Crippen LogP contribution in [0.5, 0.6) is 0 Å². The molecule has 0 fully saturated rings. The standard InChI is InChI=1S/C15H18N4O2/c20-8-14(10-4-2-1-3-5-10)19-15(21)12-6-11-13(7-16-12)18-9-17-11/h1-5,9,12,14,16,20H,6-8H2,(H,17,18)(H,19,21)/t12?,14-/m0/s1. The highest BCUT2D eigenvalue weighted by atomic mass is 16.3. The number of imidazole rings is 1. The summed E-state index contributed by atoms with van der Waals surface area (Å²) in [5.41, 5.74) is 2.85. The van der Waals surface area contributed by atoms with E-state index in [4.69, 9.17) is 0 Å². The SMILES string of the molecule is O=C(N[C@@H](CO)c1ccccc1)C1Cc2nc[nH]c2CN1. The number of nitrogens with one attached hydrogen (secondary N) is 3. The van der Waals surface area contributed by atoms with Gasteiger partial charge in [0.25, 0.3) is 0 Å². The number of aliphatic hydroxyl groups excluding tert-OH is 1. The molecule has 1 amide bonds. The lowest BCUT2D eigenvalue weighted by atomic mass is 10.0. The molecule has 1 aliphatic rings. The molecule has 1 aliphatic heterocycles. The summed E-state index contributed by atoms with van der Waals surface area (Å²) in [6, 6.07) is 8.75. The molecule has 3 rings (SSSR count). The van der Waals surface area contributed by atoms with Crippen LogP contribution >= 0.6 is 0 Å². The smallest absolute Gasteiger partial charge is 0.238 e. The van der Waals surface area contributed by atoms with Gasteiger partial charge in [0.15, 0.2) is 0 Å². The highest BCUT2D eigenvalue weighted by Gasteiger charge is 2.27. The summed E-state index contributed by atoms with van der Waals surface area (Å²) in [7, 11) is 0. The maximum Gasteiger partial charge on any atom is 0.238 e.